The van der Waals surface area contributed by atoms with E-state index in [1.165, 1.54) is 0 Å². The minimum Gasteiger partial charge on any atom is -0.481 e. The largest absolute Gasteiger partial charge is 0.481 e. The Labute approximate surface area is 101 Å². The van der Waals surface area contributed by atoms with E-state index in [1.54, 1.807) is 0 Å². The van der Waals surface area contributed by atoms with Gasteiger partial charge in [0, 0.05) is 12.0 Å². The molecule has 0 aromatic heterocycles. The summed E-state index contributed by atoms with van der Waals surface area (Å²) in [6.07, 6.45) is -0.803. The number of rotatable bonds is 5. The highest BCUT2D eigenvalue weighted by Crippen LogP contribution is 2.17. The molecule has 0 aliphatic rings. The molecule has 1 rings (SSSR count). The smallest absolute Gasteiger partial charge is 0.303 e. The van der Waals surface area contributed by atoms with Gasteiger partial charge in [-0.2, -0.15) is 0 Å². The Kier molecular flexibility index (Phi) is 4.34. The van der Waals surface area contributed by atoms with Crippen LogP contribution in [0, 0.1) is 5.82 Å². The van der Waals surface area contributed by atoms with Gasteiger partial charge in [-0.3, -0.25) is 14.4 Å². The van der Waals surface area contributed by atoms with E-state index in [0.29, 0.717) is 0 Å². The average Bonchev–Trinajstić information content (AvgIpc) is 2.28. The van der Waals surface area contributed by atoms with E-state index in [2.05, 4.69) is 0 Å². The van der Waals surface area contributed by atoms with E-state index in [9.17, 15) is 18.8 Å². The van der Waals surface area contributed by atoms with Crippen molar-refractivity contribution in [2.24, 2.45) is 0 Å². The van der Waals surface area contributed by atoms with Gasteiger partial charge in [-0.25, -0.2) is 4.39 Å². The summed E-state index contributed by atoms with van der Waals surface area (Å²) in [5.41, 5.74) is -0.0493. The predicted octanol–water partition coefficient (Wildman–Crippen LogP) is 2.10. The van der Waals surface area contributed by atoms with Crippen LogP contribution in [-0.2, 0) is 9.59 Å². The van der Waals surface area contributed by atoms with Gasteiger partial charge in [0.15, 0.2) is 0 Å². The normalized spacial score (nSPS) is 10.0. The monoisotopic (exact) mass is 258 g/mol. The third kappa shape index (κ3) is 3.64. The predicted molar refractivity (Wildman–Crippen MR) is 57.6 cm³/mol. The van der Waals surface area contributed by atoms with Gasteiger partial charge >= 0.3 is 5.97 Å². The van der Waals surface area contributed by atoms with Gasteiger partial charge in [-0.1, -0.05) is 11.6 Å². The Morgan fingerprint density at radius 3 is 2.41 bits per heavy atom. The van der Waals surface area contributed by atoms with E-state index in [1.807, 2.05) is 0 Å². The van der Waals surface area contributed by atoms with Crippen LogP contribution < -0.4 is 0 Å². The summed E-state index contributed by atoms with van der Waals surface area (Å²) >= 11 is 5.46. The highest BCUT2D eigenvalue weighted by Gasteiger charge is 2.18. The quantitative estimate of drug-likeness (QED) is 0.648. The van der Waals surface area contributed by atoms with Gasteiger partial charge in [-0.05, 0) is 18.2 Å². The number of Topliss-reactive ketones (excluding diaryl/α,β-unsaturated/α-hetero) is 2. The fourth-order valence-electron chi connectivity index (χ4n) is 1.13. The molecule has 0 radical (unpaired) electrons. The fraction of sp³-hybridized carbons (Fsp3) is 0.182. The number of hydrogen-bond acceptors (Lipinski definition) is 3. The van der Waals surface area contributed by atoms with Gasteiger partial charge in [-0.15, -0.1) is 0 Å². The van der Waals surface area contributed by atoms with Crippen molar-refractivity contribution < 1.29 is 23.9 Å². The molecule has 0 fully saturated rings. The molecule has 4 nitrogen and oxygen atoms in total. The van der Waals surface area contributed by atoms with Crippen molar-refractivity contribution >= 4 is 29.1 Å². The van der Waals surface area contributed by atoms with Crippen LogP contribution in [0.3, 0.4) is 0 Å². The van der Waals surface area contributed by atoms with Gasteiger partial charge in [0.05, 0.1) is 11.4 Å². The molecule has 0 bridgehead atoms. The second-order valence-electron chi connectivity index (χ2n) is 3.27. The van der Waals surface area contributed by atoms with Crippen LogP contribution in [0.5, 0.6) is 0 Å². The summed E-state index contributed by atoms with van der Waals surface area (Å²) in [4.78, 5) is 33.0. The molecule has 1 N–H and O–H groups in total. The Hall–Kier alpha value is -1.75. The lowest BCUT2D eigenvalue weighted by Crippen LogP contribution is -2.15. The van der Waals surface area contributed by atoms with Crippen LogP contribution in [0.15, 0.2) is 18.2 Å². The number of halogens is 2. The van der Waals surface area contributed by atoms with Gasteiger partial charge in [0.2, 0.25) is 11.6 Å². The van der Waals surface area contributed by atoms with E-state index >= 15 is 0 Å². The lowest BCUT2D eigenvalue weighted by Gasteiger charge is -2.00. The zero-order valence-electron chi connectivity index (χ0n) is 8.57. The van der Waals surface area contributed by atoms with Crippen molar-refractivity contribution in [3.63, 3.8) is 0 Å². The molecule has 0 saturated heterocycles. The minimum absolute atomic E-state index is 0.0493. The Balaban J connectivity index is 2.78. The van der Waals surface area contributed by atoms with E-state index in [-0.39, 0.29) is 17.0 Å². The number of benzene rings is 1. The molecule has 0 heterocycles. The van der Waals surface area contributed by atoms with Crippen molar-refractivity contribution in [1.29, 1.82) is 0 Å². The molecule has 90 valence electrons. The molecule has 0 amide bonds. The molecular formula is C11H8ClFO4. The maximum Gasteiger partial charge on any atom is 0.303 e. The van der Waals surface area contributed by atoms with Crippen molar-refractivity contribution in [1.82, 2.24) is 0 Å². The first-order chi connectivity index (χ1) is 7.91. The number of carboxylic acids is 1. The van der Waals surface area contributed by atoms with Gasteiger partial charge in [0.1, 0.15) is 5.82 Å². The molecule has 0 spiro atoms. The van der Waals surface area contributed by atoms with Crippen molar-refractivity contribution in [3.8, 4) is 0 Å². The first-order valence-electron chi connectivity index (χ1n) is 4.66. The second-order valence-corrected chi connectivity index (χ2v) is 3.68. The summed E-state index contributed by atoms with van der Waals surface area (Å²) in [5, 5.41) is 8.10. The minimum atomic E-state index is -1.16. The van der Waals surface area contributed by atoms with Crippen LogP contribution in [-0.4, -0.2) is 22.6 Å². The van der Waals surface area contributed by atoms with Crippen molar-refractivity contribution in [2.45, 2.75) is 12.8 Å². The molecule has 0 aliphatic heterocycles. The lowest BCUT2D eigenvalue weighted by molar-refractivity contribution is -0.138. The van der Waals surface area contributed by atoms with E-state index in [4.69, 9.17) is 16.7 Å². The highest BCUT2D eigenvalue weighted by molar-refractivity contribution is 6.44. The molecule has 0 aliphatic carbocycles. The van der Waals surface area contributed by atoms with Crippen LogP contribution in [0.4, 0.5) is 4.39 Å². The second kappa shape index (κ2) is 5.54. The molecule has 0 saturated carbocycles. The van der Waals surface area contributed by atoms with Crippen molar-refractivity contribution in [2.75, 3.05) is 0 Å². The summed E-state index contributed by atoms with van der Waals surface area (Å²) in [7, 11) is 0. The lowest BCUT2D eigenvalue weighted by atomic mass is 10.0. The third-order valence-electron chi connectivity index (χ3n) is 2.00. The summed E-state index contributed by atoms with van der Waals surface area (Å²) in [5.74, 6) is -3.56. The summed E-state index contributed by atoms with van der Waals surface area (Å²) < 4.78 is 12.8. The Bertz CT molecular complexity index is 484. The molecule has 1 aromatic rings. The van der Waals surface area contributed by atoms with Gasteiger partial charge < -0.3 is 5.11 Å². The van der Waals surface area contributed by atoms with E-state index < -0.39 is 29.8 Å². The first-order valence-corrected chi connectivity index (χ1v) is 5.04. The number of carbonyl (C=O) groups excluding carboxylic acids is 2. The first kappa shape index (κ1) is 13.3. The number of hydrogen-bond donors (Lipinski definition) is 1. The number of carbonyl (C=O) groups is 3. The maximum atomic E-state index is 12.8. The Morgan fingerprint density at radius 1 is 1.24 bits per heavy atom. The number of ketones is 2. The van der Waals surface area contributed by atoms with Crippen LogP contribution in [0.25, 0.3) is 0 Å². The summed E-state index contributed by atoms with van der Waals surface area (Å²) in [6, 6.07) is 3.14. The van der Waals surface area contributed by atoms with Gasteiger partial charge in [0.25, 0.3) is 0 Å². The van der Waals surface area contributed by atoms with Crippen molar-refractivity contribution in [3.05, 3.63) is 34.6 Å². The highest BCUT2D eigenvalue weighted by atomic mass is 35.5. The molecule has 1 aromatic carbocycles. The number of carboxylic acid groups (broad SMARTS) is 1. The molecule has 0 unspecified atom stereocenters. The standard InChI is InChI=1S/C11H8ClFO4/c12-7-5-6(1-2-8(7)13)11(17)9(14)3-4-10(15)16/h1-2,5H,3-4H2,(H,15,16). The molecular weight excluding hydrogens is 251 g/mol. The zero-order chi connectivity index (χ0) is 13.0. The molecule has 0 atom stereocenters. The third-order valence-corrected chi connectivity index (χ3v) is 2.29. The van der Waals surface area contributed by atoms with Crippen LogP contribution in [0.2, 0.25) is 5.02 Å². The molecule has 17 heavy (non-hydrogen) atoms. The van der Waals surface area contributed by atoms with Crippen LogP contribution in [0.1, 0.15) is 23.2 Å². The SMILES string of the molecule is O=C(O)CCC(=O)C(=O)c1ccc(F)c(Cl)c1. The fourth-order valence-corrected chi connectivity index (χ4v) is 1.31. The van der Waals surface area contributed by atoms with Crippen LogP contribution >= 0.6 is 11.6 Å². The zero-order valence-corrected chi connectivity index (χ0v) is 9.33. The Morgan fingerprint density at radius 2 is 1.88 bits per heavy atom. The maximum absolute atomic E-state index is 12.8. The van der Waals surface area contributed by atoms with E-state index in [0.717, 1.165) is 18.2 Å². The number of aliphatic carboxylic acids is 1. The molecule has 6 heteroatoms. The average molecular weight is 259 g/mol. The topological polar surface area (TPSA) is 71.4 Å². The summed E-state index contributed by atoms with van der Waals surface area (Å²) in [6.45, 7) is 0.